The van der Waals surface area contributed by atoms with Crippen LogP contribution in [0.25, 0.3) is 0 Å². The Labute approximate surface area is 88.9 Å². The van der Waals surface area contributed by atoms with Gasteiger partial charge >= 0.3 is 12.0 Å². The van der Waals surface area contributed by atoms with E-state index >= 15 is 0 Å². The Morgan fingerprint density at radius 2 is 2.14 bits per heavy atom. The Kier molecular flexibility index (Phi) is 6.02. The molecule has 1 atom stereocenters. The molecule has 80 valence electrons. The quantitative estimate of drug-likeness (QED) is 0.304. The van der Waals surface area contributed by atoms with E-state index in [1.807, 2.05) is 0 Å². The predicted octanol–water partition coefficient (Wildman–Crippen LogP) is 0.549. The maximum Gasteiger partial charge on any atom is 0.381 e. The van der Waals surface area contributed by atoms with Crippen LogP contribution in [0, 0.1) is 10.1 Å². The van der Waals surface area contributed by atoms with Crippen molar-refractivity contribution in [2.45, 2.75) is 18.9 Å². The van der Waals surface area contributed by atoms with Gasteiger partial charge in [-0.15, -0.1) is 0 Å². The van der Waals surface area contributed by atoms with Gasteiger partial charge in [0.2, 0.25) is 0 Å². The van der Waals surface area contributed by atoms with Crippen LogP contribution in [0.1, 0.15) is 12.8 Å². The first kappa shape index (κ1) is 13.0. The minimum atomic E-state index is -1.44. The van der Waals surface area contributed by atoms with Crippen LogP contribution in [0.4, 0.5) is 0 Å². The smallest absolute Gasteiger partial charge is 0.381 e. The van der Waals surface area contributed by atoms with Crippen LogP contribution in [-0.2, 0) is 14.3 Å². The zero-order valence-electron chi connectivity index (χ0n) is 7.57. The summed E-state index contributed by atoms with van der Waals surface area (Å²) in [5.74, 6) is -1.10. The van der Waals surface area contributed by atoms with E-state index in [1.165, 1.54) is 0 Å². The molecular weight excluding hydrogens is 258 g/mol. The van der Waals surface area contributed by atoms with Gasteiger partial charge in [0.05, 0.1) is 12.4 Å². The Bertz CT molecular complexity index is 242. The van der Waals surface area contributed by atoms with Crippen molar-refractivity contribution >= 4 is 27.7 Å². The number of nitro groups is 1. The van der Waals surface area contributed by atoms with E-state index < -0.39 is 16.9 Å². The van der Waals surface area contributed by atoms with E-state index in [4.69, 9.17) is 0 Å². The molecule has 0 aliphatic rings. The molecule has 1 unspecified atom stereocenters. The van der Waals surface area contributed by atoms with Crippen LogP contribution >= 0.6 is 15.9 Å². The first-order chi connectivity index (χ1) is 6.52. The van der Waals surface area contributed by atoms with Crippen LogP contribution in [0.2, 0.25) is 0 Å². The largest absolute Gasteiger partial charge is 0.464 e. The van der Waals surface area contributed by atoms with Crippen LogP contribution in [-0.4, -0.2) is 35.2 Å². The molecule has 0 fully saturated rings. The fourth-order valence-corrected chi connectivity index (χ4v) is 1.09. The van der Waals surface area contributed by atoms with Gasteiger partial charge < -0.3 is 4.74 Å². The van der Waals surface area contributed by atoms with Crippen LogP contribution in [0.3, 0.4) is 0 Å². The van der Waals surface area contributed by atoms with Crippen molar-refractivity contribution in [3.05, 3.63) is 10.1 Å². The normalized spacial score (nSPS) is 11.9. The molecule has 0 rings (SSSR count). The van der Waals surface area contributed by atoms with E-state index in [1.54, 1.807) is 0 Å². The molecule has 0 aliphatic heterocycles. The number of esters is 1. The molecule has 0 aromatic rings. The third-order valence-corrected chi connectivity index (χ3v) is 2.20. The molecule has 0 aromatic carbocycles. The van der Waals surface area contributed by atoms with Crippen molar-refractivity contribution in [2.24, 2.45) is 0 Å². The third-order valence-electron chi connectivity index (χ3n) is 1.57. The Hall–Kier alpha value is -0.980. The average molecular weight is 268 g/mol. The number of ether oxygens (including phenoxy) is 1. The molecule has 6 nitrogen and oxygen atoms in total. The lowest BCUT2D eigenvalue weighted by Crippen LogP contribution is -2.31. The lowest BCUT2D eigenvalue weighted by molar-refractivity contribution is -0.511. The van der Waals surface area contributed by atoms with Crippen molar-refractivity contribution in [2.75, 3.05) is 12.4 Å². The van der Waals surface area contributed by atoms with Gasteiger partial charge in [0, 0.05) is 17.8 Å². The highest BCUT2D eigenvalue weighted by Crippen LogP contribution is 2.05. The number of ketones is 1. The molecule has 0 aromatic heterocycles. The second-order valence-electron chi connectivity index (χ2n) is 2.54. The molecule has 0 saturated carbocycles. The van der Waals surface area contributed by atoms with E-state index in [-0.39, 0.29) is 24.0 Å². The van der Waals surface area contributed by atoms with Gasteiger partial charge in [0.25, 0.3) is 0 Å². The third kappa shape index (κ3) is 4.31. The van der Waals surface area contributed by atoms with E-state index in [9.17, 15) is 19.7 Å². The molecule has 0 N–H and O–H groups in total. The number of carbonyl (C=O) groups excluding carboxylic acids is 2. The molecule has 0 saturated heterocycles. The van der Waals surface area contributed by atoms with Gasteiger partial charge in [0.15, 0.2) is 0 Å². The minimum absolute atomic E-state index is 0.00794. The lowest BCUT2D eigenvalue weighted by atomic mass is 10.1. The average Bonchev–Trinajstić information content (AvgIpc) is 2.16. The van der Waals surface area contributed by atoms with Gasteiger partial charge in [-0.2, -0.15) is 0 Å². The summed E-state index contributed by atoms with van der Waals surface area (Å²) in [4.78, 5) is 31.3. The molecular formula is C7H10BrNO5. The number of alkyl halides is 1. The van der Waals surface area contributed by atoms with Crippen molar-refractivity contribution in [1.82, 2.24) is 0 Å². The molecule has 0 radical (unpaired) electrons. The maximum absolute atomic E-state index is 10.9. The Balaban J connectivity index is 4.18. The number of carbonyl (C=O) groups is 2. The fraction of sp³-hybridized carbons (Fsp3) is 0.714. The Morgan fingerprint density at radius 3 is 2.50 bits per heavy atom. The van der Waals surface area contributed by atoms with Crippen molar-refractivity contribution in [3.63, 3.8) is 0 Å². The van der Waals surface area contributed by atoms with Crippen LogP contribution < -0.4 is 0 Å². The van der Waals surface area contributed by atoms with Gasteiger partial charge in [-0.1, -0.05) is 15.9 Å². The summed E-state index contributed by atoms with van der Waals surface area (Å²) in [7, 11) is 1.07. The van der Waals surface area contributed by atoms with E-state index in [0.717, 1.165) is 7.11 Å². The second kappa shape index (κ2) is 6.47. The minimum Gasteiger partial charge on any atom is -0.464 e. The predicted molar refractivity (Wildman–Crippen MR) is 50.8 cm³/mol. The summed E-state index contributed by atoms with van der Waals surface area (Å²) < 4.78 is 4.24. The highest BCUT2D eigenvalue weighted by Gasteiger charge is 2.30. The zero-order valence-corrected chi connectivity index (χ0v) is 9.15. The van der Waals surface area contributed by atoms with Gasteiger partial charge in [0.1, 0.15) is 5.78 Å². The topological polar surface area (TPSA) is 86.5 Å². The number of rotatable bonds is 6. The second-order valence-corrected chi connectivity index (χ2v) is 3.10. The fourth-order valence-electron chi connectivity index (χ4n) is 0.810. The molecule has 0 amide bonds. The van der Waals surface area contributed by atoms with Crippen LogP contribution in [0.5, 0.6) is 0 Å². The molecule has 0 heterocycles. The number of hydrogen-bond donors (Lipinski definition) is 0. The summed E-state index contributed by atoms with van der Waals surface area (Å²) in [6.07, 6.45) is -0.129. The van der Waals surface area contributed by atoms with E-state index in [2.05, 4.69) is 20.7 Å². The standard InChI is InChI=1S/C7H10BrNO5/c1-14-7(11)6(9(12)13)3-2-5(10)4-8/h6H,2-4H2,1H3. The number of halogens is 1. The number of nitrogens with zero attached hydrogens (tertiary/aromatic N) is 1. The molecule has 14 heavy (non-hydrogen) atoms. The van der Waals surface area contributed by atoms with Gasteiger partial charge in [-0.05, 0) is 0 Å². The van der Waals surface area contributed by atoms with Gasteiger partial charge in [-0.3, -0.25) is 14.9 Å². The first-order valence-electron chi connectivity index (χ1n) is 3.82. The lowest BCUT2D eigenvalue weighted by Gasteiger charge is -2.05. The number of Topliss-reactive ketones (excluding diaryl/α,β-unsaturated/α-hetero) is 1. The zero-order chi connectivity index (χ0) is 11.1. The maximum atomic E-state index is 10.9. The molecule has 7 heteroatoms. The SMILES string of the molecule is COC(=O)C(CCC(=O)CBr)[N+](=O)[O-]. The highest BCUT2D eigenvalue weighted by molar-refractivity contribution is 9.09. The highest BCUT2D eigenvalue weighted by atomic mass is 79.9. The number of hydrogen-bond acceptors (Lipinski definition) is 5. The molecule has 0 aliphatic carbocycles. The van der Waals surface area contributed by atoms with Crippen molar-refractivity contribution in [3.8, 4) is 0 Å². The van der Waals surface area contributed by atoms with E-state index in [0.29, 0.717) is 0 Å². The van der Waals surface area contributed by atoms with Gasteiger partial charge in [-0.25, -0.2) is 4.79 Å². The molecule has 0 spiro atoms. The van der Waals surface area contributed by atoms with Crippen molar-refractivity contribution in [1.29, 1.82) is 0 Å². The van der Waals surface area contributed by atoms with Crippen LogP contribution in [0.15, 0.2) is 0 Å². The van der Waals surface area contributed by atoms with Crippen molar-refractivity contribution < 1.29 is 19.2 Å². The summed E-state index contributed by atoms with van der Waals surface area (Å²) in [6, 6.07) is -1.44. The number of methoxy groups -OCH3 is 1. The summed E-state index contributed by atoms with van der Waals surface area (Å²) in [5, 5.41) is 10.5. The summed E-state index contributed by atoms with van der Waals surface area (Å²) >= 11 is 2.92. The first-order valence-corrected chi connectivity index (χ1v) is 4.94. The summed E-state index contributed by atoms with van der Waals surface area (Å²) in [6.45, 7) is 0. The Morgan fingerprint density at radius 1 is 1.57 bits per heavy atom. The monoisotopic (exact) mass is 267 g/mol. The summed E-state index contributed by atoms with van der Waals surface area (Å²) in [5.41, 5.74) is 0. The molecule has 0 bridgehead atoms.